The second-order valence-electron chi connectivity index (χ2n) is 7.58. The van der Waals surface area contributed by atoms with Crippen LogP contribution in [0.25, 0.3) is 0 Å². The Morgan fingerprint density at radius 2 is 1.76 bits per heavy atom. The molecule has 0 N–H and O–H groups in total. The molecule has 0 aliphatic carbocycles. The summed E-state index contributed by atoms with van der Waals surface area (Å²) in [6.07, 6.45) is 0.452. The Balaban J connectivity index is 2.23. The number of benzene rings is 2. The maximum absolute atomic E-state index is 13.7. The van der Waals surface area contributed by atoms with E-state index in [-0.39, 0.29) is 39.8 Å². The molecule has 0 unspecified atom stereocenters. The van der Waals surface area contributed by atoms with Crippen LogP contribution in [0, 0.1) is 5.92 Å². The molecule has 3 aromatic rings. The molecule has 0 amide bonds. The Kier molecular flexibility index (Phi) is 8.05. The van der Waals surface area contributed by atoms with E-state index < -0.39 is 10.0 Å². The van der Waals surface area contributed by atoms with Crippen molar-refractivity contribution in [2.75, 3.05) is 18.0 Å². The van der Waals surface area contributed by atoms with Crippen molar-refractivity contribution in [2.24, 2.45) is 5.92 Å². The fourth-order valence-electron chi connectivity index (χ4n) is 3.02. The normalized spacial score (nSPS) is 11.5. The average Bonchev–Trinajstić information content (AvgIpc) is 2.80. The number of methoxy groups -OCH3 is 1. The van der Waals surface area contributed by atoms with Crippen LogP contribution in [0.5, 0.6) is 17.2 Å². The van der Waals surface area contributed by atoms with E-state index in [9.17, 15) is 8.42 Å². The van der Waals surface area contributed by atoms with Crippen LogP contribution in [0.3, 0.4) is 0 Å². The van der Waals surface area contributed by atoms with Crippen molar-refractivity contribution in [3.8, 4) is 17.2 Å². The molecule has 3 rings (SSSR count). The number of aryl methyl sites for hydroxylation is 1. The largest absolute Gasteiger partial charge is 0.497 e. The highest BCUT2D eigenvalue weighted by Crippen LogP contribution is 2.41. The summed E-state index contributed by atoms with van der Waals surface area (Å²) >= 11 is 12.8. The summed E-state index contributed by atoms with van der Waals surface area (Å²) in [4.78, 5) is 8.92. The van der Waals surface area contributed by atoms with Crippen molar-refractivity contribution in [1.29, 1.82) is 0 Å². The van der Waals surface area contributed by atoms with Crippen LogP contribution in [-0.4, -0.2) is 32.0 Å². The van der Waals surface area contributed by atoms with E-state index in [1.54, 1.807) is 36.4 Å². The quantitative estimate of drug-likeness (QED) is 0.329. The van der Waals surface area contributed by atoms with Gasteiger partial charge in [0.15, 0.2) is 11.0 Å². The van der Waals surface area contributed by atoms with Crippen molar-refractivity contribution >= 4 is 39.0 Å². The van der Waals surface area contributed by atoms with Crippen LogP contribution in [0.4, 0.5) is 5.82 Å². The predicted molar refractivity (Wildman–Crippen MR) is 130 cm³/mol. The average molecular weight is 510 g/mol. The maximum Gasteiger partial charge on any atom is 0.265 e. The van der Waals surface area contributed by atoms with E-state index in [1.165, 1.54) is 23.5 Å². The van der Waals surface area contributed by atoms with E-state index in [1.807, 2.05) is 20.8 Å². The second kappa shape index (κ2) is 10.6. The number of ether oxygens (including phenoxy) is 2. The number of aromatic nitrogens is 2. The third-order valence-electron chi connectivity index (χ3n) is 4.62. The zero-order valence-electron chi connectivity index (χ0n) is 18.7. The third kappa shape index (κ3) is 5.69. The standard InChI is InChI=1S/C23H25Cl2N3O4S/c1-5-20-26-22(25)21(32-19-13-16(31-4)11-12-18(19)24)23(27-20)28(14-15(2)3)33(29,30)17-9-7-6-8-10-17/h6-13,15H,5,14H2,1-4H3. The minimum absolute atomic E-state index is 0.0100. The molecule has 10 heteroatoms. The molecule has 0 aliphatic rings. The zero-order chi connectivity index (χ0) is 24.2. The minimum Gasteiger partial charge on any atom is -0.497 e. The summed E-state index contributed by atoms with van der Waals surface area (Å²) in [6, 6.07) is 13.0. The van der Waals surface area contributed by atoms with Crippen LogP contribution < -0.4 is 13.8 Å². The summed E-state index contributed by atoms with van der Waals surface area (Å²) in [5.74, 6) is 1.14. The first-order valence-electron chi connectivity index (χ1n) is 10.3. The zero-order valence-corrected chi connectivity index (χ0v) is 21.1. The fraction of sp³-hybridized carbons (Fsp3) is 0.304. The molecule has 0 spiro atoms. The van der Waals surface area contributed by atoms with Crippen LogP contribution in [0.1, 0.15) is 26.6 Å². The topological polar surface area (TPSA) is 81.6 Å². The molecule has 7 nitrogen and oxygen atoms in total. The SMILES string of the molecule is CCc1nc(Cl)c(Oc2cc(OC)ccc2Cl)c(N(CC(C)C)S(=O)(=O)c2ccccc2)n1. The first kappa shape index (κ1) is 25.1. The molecule has 176 valence electrons. The van der Waals surface area contributed by atoms with Crippen molar-refractivity contribution in [3.63, 3.8) is 0 Å². The molecule has 0 saturated heterocycles. The number of nitrogens with zero attached hydrogens (tertiary/aromatic N) is 3. The lowest BCUT2D eigenvalue weighted by molar-refractivity contribution is 0.408. The molecule has 0 fully saturated rings. The van der Waals surface area contributed by atoms with Gasteiger partial charge in [-0.25, -0.2) is 22.7 Å². The lowest BCUT2D eigenvalue weighted by Crippen LogP contribution is -2.35. The van der Waals surface area contributed by atoms with Gasteiger partial charge in [0, 0.05) is 19.0 Å². The molecule has 1 aromatic heterocycles. The molecule has 0 atom stereocenters. The van der Waals surface area contributed by atoms with E-state index >= 15 is 0 Å². The summed E-state index contributed by atoms with van der Waals surface area (Å²) in [6.45, 7) is 5.83. The number of rotatable bonds is 9. The van der Waals surface area contributed by atoms with Gasteiger partial charge >= 0.3 is 0 Å². The molecule has 2 aromatic carbocycles. The fourth-order valence-corrected chi connectivity index (χ4v) is 5.00. The first-order valence-corrected chi connectivity index (χ1v) is 12.5. The Hall–Kier alpha value is -2.55. The van der Waals surface area contributed by atoms with Crippen molar-refractivity contribution in [1.82, 2.24) is 9.97 Å². The second-order valence-corrected chi connectivity index (χ2v) is 10.2. The Bertz CT molecular complexity index is 1220. The van der Waals surface area contributed by atoms with Gasteiger partial charge < -0.3 is 9.47 Å². The number of sulfonamides is 1. The van der Waals surface area contributed by atoms with Gasteiger partial charge in [-0.2, -0.15) is 0 Å². The molecule has 1 heterocycles. The van der Waals surface area contributed by atoms with Gasteiger partial charge in [-0.3, -0.25) is 0 Å². The van der Waals surface area contributed by atoms with E-state index in [0.29, 0.717) is 23.0 Å². The summed E-state index contributed by atoms with van der Waals surface area (Å²) < 4.78 is 39.8. The van der Waals surface area contributed by atoms with Gasteiger partial charge in [-0.1, -0.05) is 62.2 Å². The van der Waals surface area contributed by atoms with Gasteiger partial charge in [-0.15, -0.1) is 0 Å². The maximum atomic E-state index is 13.7. The lowest BCUT2D eigenvalue weighted by Gasteiger charge is -2.27. The van der Waals surface area contributed by atoms with Gasteiger partial charge in [0.05, 0.1) is 17.0 Å². The van der Waals surface area contributed by atoms with Gasteiger partial charge in [0.25, 0.3) is 10.0 Å². The van der Waals surface area contributed by atoms with E-state index in [4.69, 9.17) is 32.7 Å². The van der Waals surface area contributed by atoms with E-state index in [2.05, 4.69) is 9.97 Å². The highest BCUT2D eigenvalue weighted by molar-refractivity contribution is 7.92. The molecule has 0 saturated carbocycles. The smallest absolute Gasteiger partial charge is 0.265 e. The van der Waals surface area contributed by atoms with Gasteiger partial charge in [0.1, 0.15) is 17.3 Å². The summed E-state index contributed by atoms with van der Waals surface area (Å²) in [5, 5.41) is 0.270. The van der Waals surface area contributed by atoms with Crippen LogP contribution in [-0.2, 0) is 16.4 Å². The summed E-state index contributed by atoms with van der Waals surface area (Å²) in [5.41, 5.74) is 0. The van der Waals surface area contributed by atoms with E-state index in [0.717, 1.165) is 0 Å². The molecule has 0 aliphatic heterocycles. The number of hydrogen-bond donors (Lipinski definition) is 0. The van der Waals surface area contributed by atoms with Gasteiger partial charge in [-0.05, 0) is 30.2 Å². The Morgan fingerprint density at radius 3 is 2.36 bits per heavy atom. The molecule has 33 heavy (non-hydrogen) atoms. The Labute approximate surface area is 204 Å². The number of anilines is 1. The van der Waals surface area contributed by atoms with Crippen LogP contribution in [0.2, 0.25) is 10.2 Å². The monoisotopic (exact) mass is 509 g/mol. The third-order valence-corrected chi connectivity index (χ3v) is 6.96. The lowest BCUT2D eigenvalue weighted by atomic mass is 10.2. The highest BCUT2D eigenvalue weighted by Gasteiger charge is 2.32. The van der Waals surface area contributed by atoms with Crippen LogP contribution in [0.15, 0.2) is 53.4 Å². The molecular weight excluding hydrogens is 485 g/mol. The highest BCUT2D eigenvalue weighted by atomic mass is 35.5. The predicted octanol–water partition coefficient (Wildman–Crippen LogP) is 6.00. The Morgan fingerprint density at radius 1 is 1.06 bits per heavy atom. The molecular formula is C23H25Cl2N3O4S. The van der Waals surface area contributed by atoms with Crippen LogP contribution >= 0.6 is 23.2 Å². The molecule has 0 bridgehead atoms. The van der Waals surface area contributed by atoms with Crippen molar-refractivity contribution < 1.29 is 17.9 Å². The number of hydrogen-bond acceptors (Lipinski definition) is 6. The van der Waals surface area contributed by atoms with Crippen molar-refractivity contribution in [2.45, 2.75) is 32.1 Å². The first-order chi connectivity index (χ1) is 15.7. The van der Waals surface area contributed by atoms with Gasteiger partial charge in [0.2, 0.25) is 5.75 Å². The van der Waals surface area contributed by atoms with Crippen molar-refractivity contribution in [3.05, 3.63) is 64.5 Å². The summed E-state index contributed by atoms with van der Waals surface area (Å²) in [7, 11) is -2.47. The number of halogens is 2. The molecule has 0 radical (unpaired) electrons. The minimum atomic E-state index is -3.98.